The Labute approximate surface area is 100 Å². The molecule has 1 N–H and O–H groups in total. The number of nitrogens with one attached hydrogen (secondary N) is 1. The molecule has 1 aromatic rings. The van der Waals surface area contributed by atoms with Crippen molar-refractivity contribution in [2.75, 3.05) is 26.9 Å². The van der Waals surface area contributed by atoms with Gasteiger partial charge in [0.25, 0.3) is 0 Å². The monoisotopic (exact) mass is 247 g/mol. The van der Waals surface area contributed by atoms with E-state index in [1.54, 1.807) is 19.2 Å². The molecule has 0 aliphatic carbocycles. The molecule has 0 amide bonds. The molecule has 0 saturated carbocycles. The number of halogens is 2. The van der Waals surface area contributed by atoms with E-state index in [-0.39, 0.29) is 24.3 Å². The molecule has 1 aromatic carbocycles. The Morgan fingerprint density at radius 2 is 2.31 bits per heavy atom. The van der Waals surface area contributed by atoms with Gasteiger partial charge in [-0.15, -0.1) is 12.4 Å². The Morgan fingerprint density at radius 3 is 2.94 bits per heavy atom. The van der Waals surface area contributed by atoms with Gasteiger partial charge in [0.05, 0.1) is 26.4 Å². The lowest BCUT2D eigenvalue weighted by atomic mass is 10.1. The second kappa shape index (κ2) is 6.03. The summed E-state index contributed by atoms with van der Waals surface area (Å²) in [4.78, 5) is 0. The van der Waals surface area contributed by atoms with Crippen molar-refractivity contribution in [3.8, 4) is 5.75 Å². The van der Waals surface area contributed by atoms with Crippen LogP contribution in [0.3, 0.4) is 0 Å². The first-order valence-electron chi connectivity index (χ1n) is 4.96. The third kappa shape index (κ3) is 2.84. The highest BCUT2D eigenvalue weighted by Crippen LogP contribution is 2.23. The fourth-order valence-electron chi connectivity index (χ4n) is 1.68. The second-order valence-corrected chi connectivity index (χ2v) is 3.47. The van der Waals surface area contributed by atoms with Crippen molar-refractivity contribution in [2.45, 2.75) is 6.04 Å². The van der Waals surface area contributed by atoms with Crippen molar-refractivity contribution in [3.63, 3.8) is 0 Å². The lowest BCUT2D eigenvalue weighted by molar-refractivity contribution is 0.0757. The van der Waals surface area contributed by atoms with Crippen molar-refractivity contribution in [3.05, 3.63) is 29.6 Å². The van der Waals surface area contributed by atoms with E-state index in [0.717, 1.165) is 6.54 Å². The molecule has 0 unspecified atom stereocenters. The minimum Gasteiger partial charge on any atom is -0.497 e. The van der Waals surface area contributed by atoms with Crippen molar-refractivity contribution >= 4 is 12.4 Å². The number of hydrogen-bond donors (Lipinski definition) is 1. The van der Waals surface area contributed by atoms with E-state index in [1.165, 1.54) is 6.07 Å². The van der Waals surface area contributed by atoms with Crippen LogP contribution >= 0.6 is 12.4 Å². The molecule has 2 rings (SSSR count). The molecule has 1 saturated heterocycles. The van der Waals surface area contributed by atoms with Crippen LogP contribution in [0.1, 0.15) is 11.6 Å². The van der Waals surface area contributed by atoms with Gasteiger partial charge in [0, 0.05) is 12.1 Å². The minimum atomic E-state index is -0.223. The molecule has 5 heteroatoms. The van der Waals surface area contributed by atoms with Crippen LogP contribution in [0.2, 0.25) is 0 Å². The van der Waals surface area contributed by atoms with Crippen LogP contribution in [0.25, 0.3) is 0 Å². The molecule has 0 aromatic heterocycles. The SMILES string of the molecule is COc1ccc(F)c([C@@H]2COCCN2)c1.Cl. The normalized spacial score (nSPS) is 20.0. The first-order chi connectivity index (χ1) is 7.31. The molecule has 90 valence electrons. The van der Waals surface area contributed by atoms with Crippen molar-refractivity contribution in [1.29, 1.82) is 0 Å². The van der Waals surface area contributed by atoms with E-state index in [2.05, 4.69) is 5.32 Å². The number of hydrogen-bond acceptors (Lipinski definition) is 3. The van der Waals surface area contributed by atoms with Gasteiger partial charge in [-0.2, -0.15) is 0 Å². The van der Waals surface area contributed by atoms with Crippen molar-refractivity contribution in [2.24, 2.45) is 0 Å². The molecule has 1 fully saturated rings. The Bertz CT molecular complexity index is 343. The van der Waals surface area contributed by atoms with Crippen molar-refractivity contribution in [1.82, 2.24) is 5.32 Å². The van der Waals surface area contributed by atoms with Gasteiger partial charge in [0.15, 0.2) is 0 Å². The van der Waals surface area contributed by atoms with Gasteiger partial charge in [0.2, 0.25) is 0 Å². The summed E-state index contributed by atoms with van der Waals surface area (Å²) in [5, 5.41) is 3.21. The summed E-state index contributed by atoms with van der Waals surface area (Å²) in [5.74, 6) is 0.442. The molecule has 1 heterocycles. The zero-order chi connectivity index (χ0) is 10.7. The lowest BCUT2D eigenvalue weighted by Gasteiger charge is -2.24. The Balaban J connectivity index is 0.00000128. The summed E-state index contributed by atoms with van der Waals surface area (Å²) in [6.45, 7) is 1.94. The Morgan fingerprint density at radius 1 is 1.50 bits per heavy atom. The molecule has 0 bridgehead atoms. The fourth-order valence-corrected chi connectivity index (χ4v) is 1.68. The number of benzene rings is 1. The molecule has 16 heavy (non-hydrogen) atoms. The van der Waals surface area contributed by atoms with Gasteiger partial charge in [-0.25, -0.2) is 4.39 Å². The van der Waals surface area contributed by atoms with E-state index >= 15 is 0 Å². The van der Waals surface area contributed by atoms with E-state index in [0.29, 0.717) is 24.5 Å². The summed E-state index contributed by atoms with van der Waals surface area (Å²) < 4.78 is 23.9. The highest BCUT2D eigenvalue weighted by molar-refractivity contribution is 5.85. The summed E-state index contributed by atoms with van der Waals surface area (Å²) in [7, 11) is 1.57. The maximum Gasteiger partial charge on any atom is 0.128 e. The van der Waals surface area contributed by atoms with Crippen LogP contribution < -0.4 is 10.1 Å². The average Bonchev–Trinajstić information content (AvgIpc) is 2.31. The Hall–Kier alpha value is -0.840. The van der Waals surface area contributed by atoms with E-state index in [9.17, 15) is 4.39 Å². The molecule has 1 aliphatic rings. The summed E-state index contributed by atoms with van der Waals surface area (Å²) in [6, 6.07) is 4.67. The molecule has 1 aliphatic heterocycles. The second-order valence-electron chi connectivity index (χ2n) is 3.47. The average molecular weight is 248 g/mol. The maximum absolute atomic E-state index is 13.5. The topological polar surface area (TPSA) is 30.5 Å². The van der Waals surface area contributed by atoms with Gasteiger partial charge in [-0.3, -0.25) is 0 Å². The zero-order valence-electron chi connectivity index (χ0n) is 9.03. The highest BCUT2D eigenvalue weighted by Gasteiger charge is 2.19. The number of methoxy groups -OCH3 is 1. The summed E-state index contributed by atoms with van der Waals surface area (Å²) in [5.41, 5.74) is 0.606. The summed E-state index contributed by atoms with van der Waals surface area (Å²) >= 11 is 0. The quantitative estimate of drug-likeness (QED) is 0.866. The molecular formula is C11H15ClFNO2. The van der Waals surface area contributed by atoms with Crippen LogP contribution in [-0.2, 0) is 4.74 Å². The van der Waals surface area contributed by atoms with Crippen LogP contribution in [0.5, 0.6) is 5.75 Å². The molecule has 0 radical (unpaired) electrons. The Kier molecular flexibility index (Phi) is 4.99. The van der Waals surface area contributed by atoms with Crippen LogP contribution in [-0.4, -0.2) is 26.9 Å². The maximum atomic E-state index is 13.5. The van der Waals surface area contributed by atoms with Gasteiger partial charge in [-0.1, -0.05) is 0 Å². The standard InChI is InChI=1S/C11H14FNO2.ClH/c1-14-8-2-3-10(12)9(6-8)11-7-15-5-4-13-11;/h2-3,6,11,13H,4-5,7H2,1H3;1H/t11-;/m0./s1. The predicted molar refractivity (Wildman–Crippen MR) is 61.8 cm³/mol. The molecule has 1 atom stereocenters. The smallest absolute Gasteiger partial charge is 0.128 e. The van der Waals surface area contributed by atoms with E-state index < -0.39 is 0 Å². The highest BCUT2D eigenvalue weighted by atomic mass is 35.5. The molecule has 0 spiro atoms. The van der Waals surface area contributed by atoms with E-state index in [1.807, 2.05) is 0 Å². The molecule has 3 nitrogen and oxygen atoms in total. The lowest BCUT2D eigenvalue weighted by Crippen LogP contribution is -2.35. The third-order valence-electron chi connectivity index (χ3n) is 2.50. The number of morpholine rings is 1. The van der Waals surface area contributed by atoms with E-state index in [4.69, 9.17) is 9.47 Å². The summed E-state index contributed by atoms with van der Waals surface area (Å²) in [6.07, 6.45) is 0. The van der Waals surface area contributed by atoms with Gasteiger partial charge in [0.1, 0.15) is 11.6 Å². The van der Waals surface area contributed by atoms with Gasteiger partial charge < -0.3 is 14.8 Å². The predicted octanol–water partition coefficient (Wildman–Crippen LogP) is 1.92. The van der Waals surface area contributed by atoms with Gasteiger partial charge >= 0.3 is 0 Å². The van der Waals surface area contributed by atoms with Crippen LogP contribution in [0, 0.1) is 5.82 Å². The van der Waals surface area contributed by atoms with Crippen molar-refractivity contribution < 1.29 is 13.9 Å². The van der Waals surface area contributed by atoms with Crippen LogP contribution in [0.4, 0.5) is 4.39 Å². The van der Waals surface area contributed by atoms with Gasteiger partial charge in [-0.05, 0) is 18.2 Å². The molecular weight excluding hydrogens is 233 g/mol. The number of rotatable bonds is 2. The number of ether oxygens (including phenoxy) is 2. The largest absolute Gasteiger partial charge is 0.497 e. The zero-order valence-corrected chi connectivity index (χ0v) is 9.85. The minimum absolute atomic E-state index is 0. The third-order valence-corrected chi connectivity index (χ3v) is 2.50. The first kappa shape index (κ1) is 13.2. The fraction of sp³-hybridized carbons (Fsp3) is 0.455. The first-order valence-corrected chi connectivity index (χ1v) is 4.96. The van der Waals surface area contributed by atoms with Crippen LogP contribution in [0.15, 0.2) is 18.2 Å².